The molecule has 0 aliphatic rings. The summed E-state index contributed by atoms with van der Waals surface area (Å²) in [5.41, 5.74) is 3.70. The van der Waals surface area contributed by atoms with Crippen LogP contribution in [0.25, 0.3) is 10.6 Å². The van der Waals surface area contributed by atoms with Crippen LogP contribution in [0.3, 0.4) is 0 Å². The van der Waals surface area contributed by atoms with Gasteiger partial charge in [-0.05, 0) is 12.8 Å². The smallest absolute Gasteiger partial charge is 0.123 e. The molecule has 15 heavy (non-hydrogen) atoms. The number of nitrogens with zero attached hydrogens (tertiary/aromatic N) is 1. The van der Waals surface area contributed by atoms with Gasteiger partial charge in [0, 0.05) is 10.9 Å². The molecule has 78 valence electrons. The van der Waals surface area contributed by atoms with E-state index in [0.29, 0.717) is 5.92 Å². The van der Waals surface area contributed by atoms with Crippen molar-refractivity contribution in [2.45, 2.75) is 26.7 Å². The number of benzene rings is 1. The van der Waals surface area contributed by atoms with Crippen LogP contribution >= 0.6 is 11.3 Å². The lowest BCUT2D eigenvalue weighted by atomic mass is 10.1. The van der Waals surface area contributed by atoms with Crippen LogP contribution in [0.2, 0.25) is 0 Å². The number of hydrogen-bond donors (Lipinski definition) is 0. The van der Waals surface area contributed by atoms with Crippen LogP contribution in [0.15, 0.2) is 29.6 Å². The van der Waals surface area contributed by atoms with Gasteiger partial charge in [-0.3, -0.25) is 0 Å². The zero-order chi connectivity index (χ0) is 10.8. The summed E-state index contributed by atoms with van der Waals surface area (Å²) in [5, 5.41) is 3.28. The molecule has 0 spiro atoms. The Kier molecular flexibility index (Phi) is 2.87. The van der Waals surface area contributed by atoms with Crippen LogP contribution in [-0.2, 0) is 0 Å². The average molecular weight is 217 g/mol. The van der Waals surface area contributed by atoms with Crippen molar-refractivity contribution < 1.29 is 0 Å². The Balaban J connectivity index is 2.33. The summed E-state index contributed by atoms with van der Waals surface area (Å²) in [6, 6.07) is 8.54. The molecular weight excluding hydrogens is 202 g/mol. The van der Waals surface area contributed by atoms with E-state index >= 15 is 0 Å². The molecule has 0 aliphatic carbocycles. The number of aromatic nitrogens is 1. The van der Waals surface area contributed by atoms with Gasteiger partial charge in [0.15, 0.2) is 0 Å². The first-order valence-electron chi connectivity index (χ1n) is 5.19. The fourth-order valence-electron chi connectivity index (χ4n) is 1.38. The molecule has 0 saturated heterocycles. The summed E-state index contributed by atoms with van der Waals surface area (Å²) >= 11 is 1.73. The summed E-state index contributed by atoms with van der Waals surface area (Å²) < 4.78 is 0. The first-order valence-corrected chi connectivity index (χ1v) is 6.07. The summed E-state index contributed by atoms with van der Waals surface area (Å²) in [6.45, 7) is 6.45. The third-order valence-corrected chi connectivity index (χ3v) is 3.32. The number of rotatable bonds is 2. The Morgan fingerprint density at radius 2 is 1.80 bits per heavy atom. The molecule has 0 unspecified atom stereocenters. The average Bonchev–Trinajstić information content (AvgIpc) is 2.68. The molecule has 0 saturated carbocycles. The third-order valence-electron chi connectivity index (χ3n) is 2.41. The standard InChI is InChI=1S/C13H15NS/c1-9(2)12-8-15-13(14-12)11-6-4-10(3)5-7-11/h4-9H,1-3H3. The van der Waals surface area contributed by atoms with Crippen molar-refractivity contribution in [1.82, 2.24) is 4.98 Å². The van der Waals surface area contributed by atoms with Crippen LogP contribution in [-0.4, -0.2) is 4.98 Å². The molecule has 1 heterocycles. The summed E-state index contributed by atoms with van der Waals surface area (Å²) in [4.78, 5) is 4.63. The van der Waals surface area contributed by atoms with E-state index in [9.17, 15) is 0 Å². The van der Waals surface area contributed by atoms with Crippen LogP contribution in [0, 0.1) is 6.92 Å². The summed E-state index contributed by atoms with van der Waals surface area (Å²) in [5.74, 6) is 0.514. The van der Waals surface area contributed by atoms with Crippen molar-refractivity contribution in [3.8, 4) is 10.6 Å². The molecule has 2 heteroatoms. The monoisotopic (exact) mass is 217 g/mol. The van der Waals surface area contributed by atoms with Gasteiger partial charge in [0.2, 0.25) is 0 Å². The lowest BCUT2D eigenvalue weighted by molar-refractivity contribution is 0.834. The second-order valence-electron chi connectivity index (χ2n) is 4.10. The minimum Gasteiger partial charge on any atom is -0.241 e. The van der Waals surface area contributed by atoms with Crippen LogP contribution in [0.1, 0.15) is 31.0 Å². The first-order chi connectivity index (χ1) is 7.16. The maximum absolute atomic E-state index is 4.63. The quantitative estimate of drug-likeness (QED) is 0.733. The van der Waals surface area contributed by atoms with Crippen molar-refractivity contribution >= 4 is 11.3 Å². The molecule has 1 nitrogen and oxygen atoms in total. The number of thiazole rings is 1. The van der Waals surface area contributed by atoms with Crippen LogP contribution in [0.5, 0.6) is 0 Å². The van der Waals surface area contributed by atoms with Gasteiger partial charge in [-0.15, -0.1) is 11.3 Å². The van der Waals surface area contributed by atoms with Crippen molar-refractivity contribution in [1.29, 1.82) is 0 Å². The lowest BCUT2D eigenvalue weighted by Gasteiger charge is -1.98. The van der Waals surface area contributed by atoms with E-state index in [1.54, 1.807) is 11.3 Å². The molecule has 0 fully saturated rings. The molecule has 1 aromatic carbocycles. The van der Waals surface area contributed by atoms with Gasteiger partial charge in [0.25, 0.3) is 0 Å². The van der Waals surface area contributed by atoms with E-state index in [0.717, 1.165) is 5.01 Å². The molecule has 0 atom stereocenters. The zero-order valence-corrected chi connectivity index (χ0v) is 10.1. The largest absolute Gasteiger partial charge is 0.241 e. The highest BCUT2D eigenvalue weighted by atomic mass is 32.1. The van der Waals surface area contributed by atoms with Crippen LogP contribution < -0.4 is 0 Å². The summed E-state index contributed by atoms with van der Waals surface area (Å²) in [6.07, 6.45) is 0. The number of aryl methyl sites for hydroxylation is 1. The minimum atomic E-state index is 0.514. The molecular formula is C13H15NS. The second-order valence-corrected chi connectivity index (χ2v) is 4.96. The fraction of sp³-hybridized carbons (Fsp3) is 0.308. The molecule has 0 N–H and O–H groups in total. The maximum Gasteiger partial charge on any atom is 0.123 e. The normalized spacial score (nSPS) is 10.9. The van der Waals surface area contributed by atoms with Gasteiger partial charge in [0.05, 0.1) is 5.69 Å². The molecule has 0 aliphatic heterocycles. The van der Waals surface area contributed by atoms with Crippen molar-refractivity contribution in [2.24, 2.45) is 0 Å². The molecule has 2 rings (SSSR count). The van der Waals surface area contributed by atoms with Gasteiger partial charge in [-0.25, -0.2) is 4.98 Å². The van der Waals surface area contributed by atoms with Gasteiger partial charge in [-0.1, -0.05) is 43.7 Å². The Hall–Kier alpha value is -1.15. The van der Waals surface area contributed by atoms with Gasteiger partial charge in [-0.2, -0.15) is 0 Å². The highest BCUT2D eigenvalue weighted by Crippen LogP contribution is 2.26. The maximum atomic E-state index is 4.63. The van der Waals surface area contributed by atoms with Crippen molar-refractivity contribution in [2.75, 3.05) is 0 Å². The van der Waals surface area contributed by atoms with Crippen LogP contribution in [0.4, 0.5) is 0 Å². The van der Waals surface area contributed by atoms with E-state index in [1.807, 2.05) is 0 Å². The van der Waals surface area contributed by atoms with Gasteiger partial charge in [0.1, 0.15) is 5.01 Å². The third kappa shape index (κ3) is 2.26. The van der Waals surface area contributed by atoms with Crippen molar-refractivity contribution in [3.05, 3.63) is 40.9 Å². The zero-order valence-electron chi connectivity index (χ0n) is 9.32. The molecule has 0 bridgehead atoms. The lowest BCUT2D eigenvalue weighted by Crippen LogP contribution is -1.86. The molecule has 0 amide bonds. The fourth-order valence-corrected chi connectivity index (χ4v) is 2.37. The van der Waals surface area contributed by atoms with E-state index in [2.05, 4.69) is 55.4 Å². The minimum absolute atomic E-state index is 0.514. The highest BCUT2D eigenvalue weighted by Gasteiger charge is 2.06. The predicted molar refractivity (Wildman–Crippen MR) is 66.4 cm³/mol. The first kappa shape index (κ1) is 10.4. The van der Waals surface area contributed by atoms with E-state index < -0.39 is 0 Å². The second kappa shape index (κ2) is 4.15. The van der Waals surface area contributed by atoms with Gasteiger partial charge >= 0.3 is 0 Å². The van der Waals surface area contributed by atoms with Gasteiger partial charge < -0.3 is 0 Å². The Morgan fingerprint density at radius 3 is 2.33 bits per heavy atom. The topological polar surface area (TPSA) is 12.9 Å². The SMILES string of the molecule is Cc1ccc(-c2nc(C(C)C)cs2)cc1. The molecule has 1 aromatic heterocycles. The van der Waals surface area contributed by atoms with E-state index in [-0.39, 0.29) is 0 Å². The van der Waals surface area contributed by atoms with Crippen molar-refractivity contribution in [3.63, 3.8) is 0 Å². The predicted octanol–water partition coefficient (Wildman–Crippen LogP) is 4.24. The number of hydrogen-bond acceptors (Lipinski definition) is 2. The Bertz CT molecular complexity index is 440. The van der Waals surface area contributed by atoms with E-state index in [4.69, 9.17) is 0 Å². The molecule has 0 radical (unpaired) electrons. The summed E-state index contributed by atoms with van der Waals surface area (Å²) in [7, 11) is 0. The molecule has 2 aromatic rings. The highest BCUT2D eigenvalue weighted by molar-refractivity contribution is 7.13. The Morgan fingerprint density at radius 1 is 1.13 bits per heavy atom. The van der Waals surface area contributed by atoms with E-state index in [1.165, 1.54) is 16.8 Å². The Labute approximate surface area is 94.8 Å².